The minimum Gasteiger partial charge on any atom is -0.324 e. The minimum atomic E-state index is -1.02. The fourth-order valence-electron chi connectivity index (χ4n) is 1.91. The summed E-state index contributed by atoms with van der Waals surface area (Å²) in [6.07, 6.45) is 1.58. The summed E-state index contributed by atoms with van der Waals surface area (Å²) in [6, 6.07) is 13.3. The van der Waals surface area contributed by atoms with Crippen molar-refractivity contribution in [1.82, 2.24) is 4.57 Å². The first-order valence-corrected chi connectivity index (χ1v) is 6.45. The van der Waals surface area contributed by atoms with E-state index in [0.29, 0.717) is 11.3 Å². The zero-order valence-corrected chi connectivity index (χ0v) is 11.8. The first-order valence-electron chi connectivity index (χ1n) is 6.45. The molecule has 0 aliphatic carbocycles. The highest BCUT2D eigenvalue weighted by Gasteiger charge is 2.30. The van der Waals surface area contributed by atoms with Crippen LogP contribution in [0.1, 0.15) is 19.4 Å². The monoisotopic (exact) mass is 281 g/mol. The molecule has 106 valence electrons. The number of rotatable bonds is 3. The summed E-state index contributed by atoms with van der Waals surface area (Å²) in [5, 5.41) is 11.5. The van der Waals surface area contributed by atoms with Gasteiger partial charge >= 0.3 is 0 Å². The van der Waals surface area contributed by atoms with Gasteiger partial charge in [-0.1, -0.05) is 6.07 Å². The van der Waals surface area contributed by atoms with Crippen LogP contribution in [0, 0.1) is 11.3 Å². The number of hydrogen-bond donors (Lipinski definition) is 1. The van der Waals surface area contributed by atoms with E-state index in [0.717, 1.165) is 0 Å². The number of nitrogens with zero attached hydrogens (tertiary/aromatic N) is 2. The van der Waals surface area contributed by atoms with Crippen molar-refractivity contribution in [2.24, 2.45) is 0 Å². The van der Waals surface area contributed by atoms with E-state index >= 15 is 0 Å². The Hall–Kier alpha value is -2.87. The number of anilines is 1. The minimum absolute atomic E-state index is 0.238. The molecule has 0 unspecified atom stereocenters. The highest BCUT2D eigenvalue weighted by Crippen LogP contribution is 2.17. The van der Waals surface area contributed by atoms with Crippen molar-refractivity contribution < 1.29 is 4.79 Å². The van der Waals surface area contributed by atoms with Gasteiger partial charge < -0.3 is 9.88 Å². The Labute approximate surface area is 122 Å². The number of benzene rings is 1. The van der Waals surface area contributed by atoms with Gasteiger partial charge in [-0.3, -0.25) is 9.59 Å². The number of pyridine rings is 1. The van der Waals surface area contributed by atoms with E-state index in [1.807, 2.05) is 6.07 Å². The Bertz CT molecular complexity index is 752. The lowest BCUT2D eigenvalue weighted by molar-refractivity contribution is -0.123. The number of nitrogens with one attached hydrogen (secondary N) is 1. The van der Waals surface area contributed by atoms with Gasteiger partial charge in [0, 0.05) is 18.0 Å². The van der Waals surface area contributed by atoms with Crippen molar-refractivity contribution in [2.75, 3.05) is 5.32 Å². The summed E-state index contributed by atoms with van der Waals surface area (Å²) in [5.41, 5.74) is -0.160. The van der Waals surface area contributed by atoms with Crippen LogP contribution in [-0.4, -0.2) is 10.5 Å². The van der Waals surface area contributed by atoms with Crippen molar-refractivity contribution >= 4 is 11.6 Å². The number of aromatic nitrogens is 1. The third-order valence-corrected chi connectivity index (χ3v) is 3.25. The molecule has 0 spiro atoms. The number of nitriles is 1. The second-order valence-corrected chi connectivity index (χ2v) is 5.11. The highest BCUT2D eigenvalue weighted by atomic mass is 16.2. The standard InChI is InChI=1S/C16H15N3O2/c1-16(2,19-10-4-3-5-14(19)20)15(21)18-13-8-6-12(11-17)7-9-13/h3-10H,1-2H3,(H,18,21). The number of carbonyl (C=O) groups is 1. The van der Waals surface area contributed by atoms with Crippen LogP contribution in [0.25, 0.3) is 0 Å². The van der Waals surface area contributed by atoms with E-state index in [1.54, 1.807) is 56.4 Å². The predicted molar refractivity (Wildman–Crippen MR) is 79.8 cm³/mol. The molecule has 1 N–H and O–H groups in total. The van der Waals surface area contributed by atoms with Crippen LogP contribution in [0.5, 0.6) is 0 Å². The van der Waals surface area contributed by atoms with E-state index in [-0.39, 0.29) is 11.5 Å². The molecule has 0 radical (unpaired) electrons. The maximum atomic E-state index is 12.4. The van der Waals surface area contributed by atoms with Gasteiger partial charge in [-0.25, -0.2) is 0 Å². The topological polar surface area (TPSA) is 74.9 Å². The Kier molecular flexibility index (Phi) is 3.90. The SMILES string of the molecule is CC(C)(C(=O)Nc1ccc(C#N)cc1)n1ccccc1=O. The molecule has 0 bridgehead atoms. The molecule has 0 saturated carbocycles. The lowest BCUT2D eigenvalue weighted by Crippen LogP contribution is -2.45. The molecule has 1 aromatic carbocycles. The Balaban J connectivity index is 2.24. The fourth-order valence-corrected chi connectivity index (χ4v) is 1.91. The largest absolute Gasteiger partial charge is 0.324 e. The van der Waals surface area contributed by atoms with E-state index in [9.17, 15) is 9.59 Å². The number of amides is 1. The number of carbonyl (C=O) groups excluding carboxylic acids is 1. The van der Waals surface area contributed by atoms with Gasteiger partial charge in [0.25, 0.3) is 5.56 Å². The van der Waals surface area contributed by atoms with Crippen LogP contribution in [0.15, 0.2) is 53.5 Å². The first kappa shape index (κ1) is 14.5. The van der Waals surface area contributed by atoms with Crippen LogP contribution in [0.4, 0.5) is 5.69 Å². The fraction of sp³-hybridized carbons (Fsp3) is 0.188. The van der Waals surface area contributed by atoms with Crippen molar-refractivity contribution in [3.8, 4) is 6.07 Å². The Morgan fingerprint density at radius 2 is 1.86 bits per heavy atom. The van der Waals surface area contributed by atoms with Crippen LogP contribution < -0.4 is 10.9 Å². The van der Waals surface area contributed by atoms with Crippen LogP contribution in [0.3, 0.4) is 0 Å². The molecule has 2 aromatic rings. The summed E-state index contributed by atoms with van der Waals surface area (Å²) in [5.74, 6) is -0.305. The summed E-state index contributed by atoms with van der Waals surface area (Å²) in [7, 11) is 0. The maximum Gasteiger partial charge on any atom is 0.251 e. The molecule has 1 amide bonds. The lowest BCUT2D eigenvalue weighted by atomic mass is 10.0. The molecule has 1 aromatic heterocycles. The zero-order chi connectivity index (χ0) is 15.5. The van der Waals surface area contributed by atoms with Crippen molar-refractivity contribution in [2.45, 2.75) is 19.4 Å². The van der Waals surface area contributed by atoms with Crippen molar-refractivity contribution in [1.29, 1.82) is 5.26 Å². The van der Waals surface area contributed by atoms with E-state index in [2.05, 4.69) is 5.32 Å². The van der Waals surface area contributed by atoms with Gasteiger partial charge in [0.15, 0.2) is 0 Å². The summed E-state index contributed by atoms with van der Waals surface area (Å²) < 4.78 is 1.38. The molecule has 5 nitrogen and oxygen atoms in total. The summed E-state index contributed by atoms with van der Waals surface area (Å²) in [6.45, 7) is 3.35. The van der Waals surface area contributed by atoms with Crippen molar-refractivity contribution in [3.63, 3.8) is 0 Å². The third-order valence-electron chi connectivity index (χ3n) is 3.25. The summed E-state index contributed by atoms with van der Waals surface area (Å²) in [4.78, 5) is 24.3. The van der Waals surface area contributed by atoms with Crippen LogP contribution >= 0.6 is 0 Å². The van der Waals surface area contributed by atoms with E-state index < -0.39 is 5.54 Å². The average molecular weight is 281 g/mol. The second kappa shape index (κ2) is 5.63. The van der Waals surface area contributed by atoms with Gasteiger partial charge in [-0.2, -0.15) is 5.26 Å². The molecular weight excluding hydrogens is 266 g/mol. The Morgan fingerprint density at radius 1 is 1.19 bits per heavy atom. The third kappa shape index (κ3) is 3.00. The molecule has 5 heteroatoms. The van der Waals surface area contributed by atoms with Gasteiger partial charge in [-0.05, 0) is 44.2 Å². The quantitative estimate of drug-likeness (QED) is 0.936. The first-order chi connectivity index (χ1) is 9.95. The molecule has 0 aliphatic heterocycles. The molecule has 0 fully saturated rings. The molecule has 0 saturated heterocycles. The summed E-state index contributed by atoms with van der Waals surface area (Å²) >= 11 is 0. The Morgan fingerprint density at radius 3 is 2.43 bits per heavy atom. The van der Waals surface area contributed by atoms with Gasteiger partial charge in [0.1, 0.15) is 5.54 Å². The lowest BCUT2D eigenvalue weighted by Gasteiger charge is -2.26. The van der Waals surface area contributed by atoms with Gasteiger partial charge in [0.05, 0.1) is 11.6 Å². The molecular formula is C16H15N3O2. The maximum absolute atomic E-state index is 12.4. The average Bonchev–Trinajstić information content (AvgIpc) is 2.48. The molecule has 0 aliphatic rings. The van der Waals surface area contributed by atoms with Gasteiger partial charge in [-0.15, -0.1) is 0 Å². The molecule has 21 heavy (non-hydrogen) atoms. The second-order valence-electron chi connectivity index (χ2n) is 5.11. The highest BCUT2D eigenvalue weighted by molar-refractivity contribution is 5.96. The molecule has 1 heterocycles. The van der Waals surface area contributed by atoms with Crippen molar-refractivity contribution in [3.05, 3.63) is 64.6 Å². The van der Waals surface area contributed by atoms with E-state index in [1.165, 1.54) is 10.6 Å². The van der Waals surface area contributed by atoms with Crippen LogP contribution in [0.2, 0.25) is 0 Å². The molecule has 2 rings (SSSR count). The predicted octanol–water partition coefficient (Wildman–Crippen LogP) is 2.09. The normalized spacial score (nSPS) is 10.7. The smallest absolute Gasteiger partial charge is 0.251 e. The zero-order valence-electron chi connectivity index (χ0n) is 11.8. The van der Waals surface area contributed by atoms with Crippen LogP contribution in [-0.2, 0) is 10.3 Å². The van der Waals surface area contributed by atoms with Gasteiger partial charge in [0.2, 0.25) is 5.91 Å². The number of hydrogen-bond acceptors (Lipinski definition) is 3. The molecule has 0 atom stereocenters. The van der Waals surface area contributed by atoms with E-state index in [4.69, 9.17) is 5.26 Å².